The first-order chi connectivity index (χ1) is 8.79. The maximum absolute atomic E-state index is 11.7. The van der Waals surface area contributed by atoms with Crippen LogP contribution >= 0.6 is 22.6 Å². The van der Waals surface area contributed by atoms with Crippen LogP contribution in [0, 0.1) is 8.99 Å². The Balaban J connectivity index is 2.35. The molecule has 1 aromatic carbocycles. The number of hydrogen-bond acceptors (Lipinski definition) is 2. The minimum Gasteiger partial charge on any atom is -0.355 e. The van der Waals surface area contributed by atoms with Crippen LogP contribution in [0.2, 0.25) is 0 Å². The van der Waals surface area contributed by atoms with Crippen molar-refractivity contribution in [3.63, 3.8) is 0 Å². The van der Waals surface area contributed by atoms with Crippen molar-refractivity contribution in [3.8, 4) is 0 Å². The summed E-state index contributed by atoms with van der Waals surface area (Å²) < 4.78 is 1.07. The molecule has 0 aliphatic carbocycles. The molecular weight excluding hydrogens is 355 g/mol. The molecule has 0 radical (unpaired) electrons. The Morgan fingerprint density at radius 1 is 1.26 bits per heavy atom. The molecule has 5 heteroatoms. The van der Waals surface area contributed by atoms with Gasteiger partial charge in [0.2, 0.25) is 11.8 Å². The minimum absolute atomic E-state index is 0.0467. The molecule has 0 bridgehead atoms. The number of anilines is 1. The Labute approximate surface area is 127 Å². The third kappa shape index (κ3) is 6.04. The van der Waals surface area contributed by atoms with Crippen LogP contribution in [0.1, 0.15) is 27.2 Å². The first kappa shape index (κ1) is 15.9. The summed E-state index contributed by atoms with van der Waals surface area (Å²) in [5, 5.41) is 5.55. The fourth-order valence-corrected chi connectivity index (χ4v) is 1.89. The number of carbonyl (C=O) groups excluding carboxylic acids is 2. The normalized spacial score (nSPS) is 10.9. The van der Waals surface area contributed by atoms with Crippen LogP contribution in [0.4, 0.5) is 5.69 Å². The first-order valence-corrected chi connectivity index (χ1v) is 7.20. The molecule has 0 aliphatic heterocycles. The molecule has 0 saturated heterocycles. The maximum Gasteiger partial charge on any atom is 0.226 e. The lowest BCUT2D eigenvalue weighted by atomic mass is 9.96. The van der Waals surface area contributed by atoms with E-state index in [-0.39, 0.29) is 18.2 Å². The Morgan fingerprint density at radius 3 is 2.53 bits per heavy atom. The molecule has 0 saturated carbocycles. The van der Waals surface area contributed by atoms with Gasteiger partial charge in [0.25, 0.3) is 0 Å². The van der Waals surface area contributed by atoms with Crippen LogP contribution in [-0.4, -0.2) is 18.4 Å². The zero-order valence-electron chi connectivity index (χ0n) is 11.4. The van der Waals surface area contributed by atoms with Crippen LogP contribution in [-0.2, 0) is 9.59 Å². The molecule has 2 amide bonds. The van der Waals surface area contributed by atoms with Gasteiger partial charge in [-0.1, -0.05) is 26.8 Å². The van der Waals surface area contributed by atoms with Gasteiger partial charge in [-0.25, -0.2) is 0 Å². The molecule has 0 heterocycles. The third-order valence-corrected chi connectivity index (χ3v) is 3.10. The summed E-state index contributed by atoms with van der Waals surface area (Å²) in [4.78, 5) is 23.3. The highest BCUT2D eigenvalue weighted by Gasteiger charge is 2.20. The van der Waals surface area contributed by atoms with Gasteiger partial charge in [-0.3, -0.25) is 9.59 Å². The predicted octanol–water partition coefficient (Wildman–Crippen LogP) is 2.78. The standard InChI is InChI=1S/C14H19IN2O2/c1-14(2,3)13(19)16-8-7-12(18)17-11-6-4-5-10(15)9-11/h4-6,9H,7-8H2,1-3H3,(H,16,19)(H,17,18). The van der Waals surface area contributed by atoms with Gasteiger partial charge in [-0.2, -0.15) is 0 Å². The second-order valence-corrected chi connectivity index (χ2v) is 6.56. The second kappa shape index (κ2) is 6.88. The average Bonchev–Trinajstić information content (AvgIpc) is 2.27. The highest BCUT2D eigenvalue weighted by atomic mass is 127. The first-order valence-electron chi connectivity index (χ1n) is 6.13. The van der Waals surface area contributed by atoms with Gasteiger partial charge in [0.1, 0.15) is 0 Å². The van der Waals surface area contributed by atoms with Gasteiger partial charge in [0.05, 0.1) is 0 Å². The van der Waals surface area contributed by atoms with Gasteiger partial charge in [-0.05, 0) is 40.8 Å². The van der Waals surface area contributed by atoms with E-state index >= 15 is 0 Å². The average molecular weight is 374 g/mol. The van der Waals surface area contributed by atoms with E-state index in [0.29, 0.717) is 6.54 Å². The van der Waals surface area contributed by atoms with Gasteiger partial charge in [0.15, 0.2) is 0 Å². The monoisotopic (exact) mass is 374 g/mol. The summed E-state index contributed by atoms with van der Waals surface area (Å²) in [6, 6.07) is 7.58. The van der Waals surface area contributed by atoms with Crippen molar-refractivity contribution in [1.29, 1.82) is 0 Å². The Bertz CT molecular complexity index is 467. The molecule has 0 aromatic heterocycles. The molecule has 1 rings (SSSR count). The Kier molecular flexibility index (Phi) is 5.78. The van der Waals surface area contributed by atoms with Crippen molar-refractivity contribution < 1.29 is 9.59 Å². The van der Waals surface area contributed by atoms with Crippen molar-refractivity contribution in [2.45, 2.75) is 27.2 Å². The van der Waals surface area contributed by atoms with Crippen LogP contribution in [0.5, 0.6) is 0 Å². The molecule has 19 heavy (non-hydrogen) atoms. The van der Waals surface area contributed by atoms with Crippen molar-refractivity contribution >= 4 is 40.1 Å². The molecule has 0 atom stereocenters. The highest BCUT2D eigenvalue weighted by molar-refractivity contribution is 14.1. The number of hydrogen-bond donors (Lipinski definition) is 2. The van der Waals surface area contributed by atoms with Crippen molar-refractivity contribution in [3.05, 3.63) is 27.8 Å². The van der Waals surface area contributed by atoms with Gasteiger partial charge in [-0.15, -0.1) is 0 Å². The Morgan fingerprint density at radius 2 is 1.95 bits per heavy atom. The summed E-state index contributed by atoms with van der Waals surface area (Å²) in [6.07, 6.45) is 0.271. The van der Waals surface area contributed by atoms with Crippen LogP contribution < -0.4 is 10.6 Å². The van der Waals surface area contributed by atoms with Gasteiger partial charge >= 0.3 is 0 Å². The number of halogens is 1. The SMILES string of the molecule is CC(C)(C)C(=O)NCCC(=O)Nc1cccc(I)c1. The zero-order valence-corrected chi connectivity index (χ0v) is 13.6. The van der Waals surface area contributed by atoms with E-state index in [0.717, 1.165) is 9.26 Å². The summed E-state index contributed by atoms with van der Waals surface area (Å²) >= 11 is 2.19. The van der Waals surface area contributed by atoms with Crippen molar-refractivity contribution in [1.82, 2.24) is 5.32 Å². The molecule has 104 valence electrons. The molecule has 4 nitrogen and oxygen atoms in total. The number of nitrogens with one attached hydrogen (secondary N) is 2. The van der Waals surface area contributed by atoms with E-state index in [1.807, 2.05) is 45.0 Å². The van der Waals surface area contributed by atoms with E-state index in [1.165, 1.54) is 0 Å². The van der Waals surface area contributed by atoms with E-state index in [9.17, 15) is 9.59 Å². The van der Waals surface area contributed by atoms with Crippen LogP contribution in [0.3, 0.4) is 0 Å². The van der Waals surface area contributed by atoms with Gasteiger partial charge in [0, 0.05) is 27.6 Å². The van der Waals surface area contributed by atoms with E-state index in [1.54, 1.807) is 0 Å². The van der Waals surface area contributed by atoms with E-state index in [4.69, 9.17) is 0 Å². The van der Waals surface area contributed by atoms with Crippen LogP contribution in [0.25, 0.3) is 0 Å². The predicted molar refractivity (Wildman–Crippen MR) is 84.9 cm³/mol. The summed E-state index contributed by atoms with van der Waals surface area (Å²) in [6.45, 7) is 5.88. The fourth-order valence-electron chi connectivity index (χ4n) is 1.34. The molecule has 2 N–H and O–H groups in total. The topological polar surface area (TPSA) is 58.2 Å². The van der Waals surface area contributed by atoms with E-state index < -0.39 is 5.41 Å². The second-order valence-electron chi connectivity index (χ2n) is 5.31. The fraction of sp³-hybridized carbons (Fsp3) is 0.429. The van der Waals surface area contributed by atoms with Gasteiger partial charge < -0.3 is 10.6 Å². The van der Waals surface area contributed by atoms with E-state index in [2.05, 4.69) is 33.2 Å². The summed E-state index contributed by atoms with van der Waals surface area (Å²) in [7, 11) is 0. The summed E-state index contributed by atoms with van der Waals surface area (Å²) in [5.74, 6) is -0.147. The quantitative estimate of drug-likeness (QED) is 0.797. The third-order valence-electron chi connectivity index (χ3n) is 2.43. The lowest BCUT2D eigenvalue weighted by Gasteiger charge is -2.17. The molecule has 0 aliphatic rings. The lowest BCUT2D eigenvalue weighted by Crippen LogP contribution is -2.36. The summed E-state index contributed by atoms with van der Waals surface area (Å²) in [5.41, 5.74) is 0.352. The molecule has 0 fully saturated rings. The molecule has 0 unspecified atom stereocenters. The minimum atomic E-state index is -0.425. The zero-order chi connectivity index (χ0) is 14.5. The Hall–Kier alpha value is -1.11. The number of carbonyl (C=O) groups is 2. The smallest absolute Gasteiger partial charge is 0.226 e. The maximum atomic E-state index is 11.7. The molecule has 0 spiro atoms. The largest absolute Gasteiger partial charge is 0.355 e. The van der Waals surface area contributed by atoms with Crippen molar-refractivity contribution in [2.75, 3.05) is 11.9 Å². The molecule has 1 aromatic rings. The van der Waals surface area contributed by atoms with Crippen LogP contribution in [0.15, 0.2) is 24.3 Å². The highest BCUT2D eigenvalue weighted by Crippen LogP contribution is 2.13. The number of amides is 2. The number of benzene rings is 1. The number of rotatable bonds is 4. The van der Waals surface area contributed by atoms with Crippen molar-refractivity contribution in [2.24, 2.45) is 5.41 Å². The molecular formula is C14H19IN2O2. The lowest BCUT2D eigenvalue weighted by molar-refractivity contribution is -0.128.